The summed E-state index contributed by atoms with van der Waals surface area (Å²) < 4.78 is 21.8. The van der Waals surface area contributed by atoms with Crippen molar-refractivity contribution in [2.24, 2.45) is 0 Å². The molecule has 140 valence electrons. The molecule has 0 amide bonds. The molecule has 1 heterocycles. The van der Waals surface area contributed by atoms with Crippen LogP contribution in [-0.2, 0) is 4.79 Å². The summed E-state index contributed by atoms with van der Waals surface area (Å²) in [5.74, 6) is 0.289. The Labute approximate surface area is 154 Å². The van der Waals surface area contributed by atoms with E-state index in [2.05, 4.69) is 0 Å². The van der Waals surface area contributed by atoms with E-state index in [9.17, 15) is 14.7 Å². The van der Waals surface area contributed by atoms with Crippen LogP contribution in [0.5, 0.6) is 23.0 Å². The van der Waals surface area contributed by atoms with Gasteiger partial charge in [-0.3, -0.25) is 4.79 Å². The van der Waals surface area contributed by atoms with Crippen LogP contribution in [-0.4, -0.2) is 19.2 Å². The van der Waals surface area contributed by atoms with Crippen LogP contribution in [0.1, 0.15) is 12.7 Å². The van der Waals surface area contributed by atoms with Crippen LogP contribution in [0.3, 0.4) is 0 Å². The zero-order valence-corrected chi connectivity index (χ0v) is 15.0. The molecule has 1 unspecified atom stereocenters. The highest BCUT2D eigenvalue weighted by Crippen LogP contribution is 2.29. The van der Waals surface area contributed by atoms with Gasteiger partial charge in [0.05, 0.1) is 18.5 Å². The fraction of sp³-hybridized carbons (Fsp3) is 0.200. The molecular weight excluding hydrogens is 352 g/mol. The summed E-state index contributed by atoms with van der Waals surface area (Å²) in [6.07, 6.45) is -1.13. The first kappa shape index (κ1) is 18.3. The Kier molecular flexibility index (Phi) is 5.03. The number of aryl methyl sites for hydroxylation is 1. The zero-order chi connectivity index (χ0) is 19.6. The van der Waals surface area contributed by atoms with E-state index in [1.54, 1.807) is 31.2 Å². The Morgan fingerprint density at radius 2 is 1.85 bits per heavy atom. The number of rotatable bonds is 6. The van der Waals surface area contributed by atoms with Gasteiger partial charge in [0.2, 0.25) is 11.2 Å². The van der Waals surface area contributed by atoms with Crippen LogP contribution < -0.4 is 24.7 Å². The lowest BCUT2D eigenvalue weighted by Crippen LogP contribution is -2.37. The second-order valence-electron chi connectivity index (χ2n) is 5.83. The van der Waals surface area contributed by atoms with Gasteiger partial charge in [-0.05, 0) is 38.1 Å². The Morgan fingerprint density at radius 1 is 1.11 bits per heavy atom. The van der Waals surface area contributed by atoms with Crippen molar-refractivity contribution < 1.29 is 28.5 Å². The maximum atomic E-state index is 12.8. The number of ether oxygens (including phenoxy) is 3. The monoisotopic (exact) mass is 369 g/mol. The van der Waals surface area contributed by atoms with E-state index in [1.165, 1.54) is 32.2 Å². The number of hydrogen-bond donors (Lipinski definition) is 0. The molecule has 0 radical (unpaired) electrons. The number of benzene rings is 2. The molecule has 2 aromatic carbocycles. The average Bonchev–Trinajstić information content (AvgIpc) is 2.65. The zero-order valence-electron chi connectivity index (χ0n) is 15.0. The van der Waals surface area contributed by atoms with Gasteiger partial charge in [-0.15, -0.1) is 0 Å². The van der Waals surface area contributed by atoms with Crippen molar-refractivity contribution in [2.45, 2.75) is 20.0 Å². The summed E-state index contributed by atoms with van der Waals surface area (Å²) >= 11 is 0. The van der Waals surface area contributed by atoms with Crippen molar-refractivity contribution in [3.05, 3.63) is 58.4 Å². The first-order chi connectivity index (χ1) is 12.9. The highest BCUT2D eigenvalue weighted by molar-refractivity contribution is 5.80. The molecule has 0 saturated carbocycles. The fourth-order valence-electron chi connectivity index (χ4n) is 2.49. The number of methoxy groups -OCH3 is 1. The van der Waals surface area contributed by atoms with Crippen molar-refractivity contribution in [1.82, 2.24) is 0 Å². The minimum Gasteiger partial charge on any atom is -0.546 e. The number of carbonyl (C=O) groups is 1. The smallest absolute Gasteiger partial charge is 0.235 e. The van der Waals surface area contributed by atoms with Crippen LogP contribution in [0.15, 0.2) is 51.7 Å². The largest absolute Gasteiger partial charge is 0.546 e. The second-order valence-corrected chi connectivity index (χ2v) is 5.83. The van der Waals surface area contributed by atoms with Crippen molar-refractivity contribution in [3.63, 3.8) is 0 Å². The average molecular weight is 369 g/mol. The normalized spacial score (nSPS) is 11.8. The maximum Gasteiger partial charge on any atom is 0.235 e. The van der Waals surface area contributed by atoms with Crippen LogP contribution in [0, 0.1) is 6.92 Å². The third-order valence-corrected chi connectivity index (χ3v) is 3.89. The van der Waals surface area contributed by atoms with E-state index in [4.69, 9.17) is 18.6 Å². The van der Waals surface area contributed by atoms with E-state index in [0.717, 1.165) is 0 Å². The van der Waals surface area contributed by atoms with Crippen LogP contribution in [0.25, 0.3) is 11.0 Å². The van der Waals surface area contributed by atoms with Crippen LogP contribution in [0.2, 0.25) is 0 Å². The first-order valence-corrected chi connectivity index (χ1v) is 8.16. The highest BCUT2D eigenvalue weighted by atomic mass is 16.5. The lowest BCUT2D eigenvalue weighted by atomic mass is 10.2. The Balaban J connectivity index is 1.98. The van der Waals surface area contributed by atoms with Gasteiger partial charge in [-0.1, -0.05) is 6.07 Å². The van der Waals surface area contributed by atoms with Gasteiger partial charge in [0, 0.05) is 12.1 Å². The minimum absolute atomic E-state index is 0.0625. The highest BCUT2D eigenvalue weighted by Gasteiger charge is 2.15. The molecule has 7 heteroatoms. The van der Waals surface area contributed by atoms with E-state index in [-0.39, 0.29) is 33.7 Å². The molecule has 7 nitrogen and oxygen atoms in total. The third-order valence-electron chi connectivity index (χ3n) is 3.89. The number of hydrogen-bond acceptors (Lipinski definition) is 7. The fourth-order valence-corrected chi connectivity index (χ4v) is 2.49. The summed E-state index contributed by atoms with van der Waals surface area (Å²) in [5, 5.41) is 11.1. The molecule has 0 N–H and O–H groups in total. The summed E-state index contributed by atoms with van der Waals surface area (Å²) in [6, 6.07) is 11.3. The lowest BCUT2D eigenvalue weighted by molar-refractivity contribution is -0.312. The molecule has 0 spiro atoms. The van der Waals surface area contributed by atoms with E-state index < -0.39 is 12.1 Å². The van der Waals surface area contributed by atoms with Gasteiger partial charge < -0.3 is 28.5 Å². The number of aliphatic carboxylic acids is 1. The molecular formula is C20H17O7-. The van der Waals surface area contributed by atoms with Gasteiger partial charge in [-0.2, -0.15) is 0 Å². The first-order valence-electron chi connectivity index (χ1n) is 8.16. The predicted molar refractivity (Wildman–Crippen MR) is 95.4 cm³/mol. The van der Waals surface area contributed by atoms with Gasteiger partial charge in [0.1, 0.15) is 34.7 Å². The molecule has 0 aliphatic carbocycles. The van der Waals surface area contributed by atoms with Crippen molar-refractivity contribution in [2.75, 3.05) is 7.11 Å². The number of carboxylic acid groups (broad SMARTS) is 1. The lowest BCUT2D eigenvalue weighted by Gasteiger charge is -2.15. The summed E-state index contributed by atoms with van der Waals surface area (Å²) in [5.41, 5.74) is -0.0883. The van der Waals surface area contributed by atoms with E-state index in [1.807, 2.05) is 0 Å². The minimum atomic E-state index is -1.34. The Morgan fingerprint density at radius 3 is 2.56 bits per heavy atom. The molecule has 0 aliphatic heterocycles. The molecule has 3 rings (SSSR count). The summed E-state index contributed by atoms with van der Waals surface area (Å²) in [4.78, 5) is 23.6. The number of fused-ring (bicyclic) bond motifs is 1. The van der Waals surface area contributed by atoms with Gasteiger partial charge >= 0.3 is 0 Å². The topological polar surface area (TPSA) is 98.0 Å². The van der Waals surface area contributed by atoms with Gasteiger partial charge in [0.15, 0.2) is 0 Å². The van der Waals surface area contributed by atoms with Crippen molar-refractivity contribution in [1.29, 1.82) is 0 Å². The third kappa shape index (κ3) is 3.87. The van der Waals surface area contributed by atoms with E-state index >= 15 is 0 Å². The van der Waals surface area contributed by atoms with Crippen molar-refractivity contribution in [3.8, 4) is 23.0 Å². The summed E-state index contributed by atoms with van der Waals surface area (Å²) in [7, 11) is 1.54. The standard InChI is InChI=1S/C20H18O7/c1-11-19(27-14-6-4-5-13(9-14)24-3)18(21)16-8-7-15(10-17(16)26-11)25-12(2)20(22)23/h4-10,12H,1-3H3,(H,22,23)/p-1. The van der Waals surface area contributed by atoms with Crippen LogP contribution in [0.4, 0.5) is 0 Å². The summed E-state index contributed by atoms with van der Waals surface area (Å²) in [6.45, 7) is 2.96. The molecule has 1 aromatic heterocycles. The van der Waals surface area contributed by atoms with Crippen LogP contribution >= 0.6 is 0 Å². The molecule has 27 heavy (non-hydrogen) atoms. The van der Waals surface area contributed by atoms with Gasteiger partial charge in [0.25, 0.3) is 0 Å². The molecule has 0 bridgehead atoms. The number of carbonyl (C=O) groups excluding carboxylic acids is 1. The quantitative estimate of drug-likeness (QED) is 0.658. The van der Waals surface area contributed by atoms with Gasteiger partial charge in [-0.25, -0.2) is 0 Å². The van der Waals surface area contributed by atoms with Crippen molar-refractivity contribution >= 4 is 16.9 Å². The SMILES string of the molecule is COc1cccc(Oc2c(C)oc3cc(OC(C)C(=O)[O-])ccc3c2=O)c1. The molecule has 0 fully saturated rings. The molecule has 0 aliphatic rings. The Bertz CT molecular complexity index is 1050. The Hall–Kier alpha value is -3.48. The second kappa shape index (κ2) is 7.41. The maximum absolute atomic E-state index is 12.8. The number of carboxylic acids is 1. The molecule has 0 saturated heterocycles. The predicted octanol–water partition coefficient (Wildman–Crippen LogP) is 2.42. The molecule has 3 aromatic rings. The van der Waals surface area contributed by atoms with E-state index in [0.29, 0.717) is 11.5 Å². The molecule has 1 atom stereocenters.